The molecule has 1 saturated heterocycles. The van der Waals surface area contributed by atoms with Crippen LogP contribution in [0.25, 0.3) is 5.69 Å². The minimum absolute atomic E-state index is 0.0199. The van der Waals surface area contributed by atoms with Gasteiger partial charge in [-0.15, -0.1) is 0 Å². The van der Waals surface area contributed by atoms with Crippen molar-refractivity contribution in [2.45, 2.75) is 12.1 Å². The van der Waals surface area contributed by atoms with Crippen LogP contribution in [0.3, 0.4) is 0 Å². The first-order valence-corrected chi connectivity index (χ1v) is 9.12. The third-order valence-electron chi connectivity index (χ3n) is 4.71. The number of benzene rings is 1. The maximum absolute atomic E-state index is 13.8. The Morgan fingerprint density at radius 1 is 1.15 bits per heavy atom. The summed E-state index contributed by atoms with van der Waals surface area (Å²) in [4.78, 5) is 6.44. The molecular weight excluding hydrogens is 363 g/mol. The quantitative estimate of drug-likeness (QED) is 0.665. The average Bonchev–Trinajstić information content (AvgIpc) is 3.28. The van der Waals surface area contributed by atoms with E-state index in [9.17, 15) is 9.50 Å². The molecule has 1 fully saturated rings. The average molecular weight is 382 g/mol. The number of hydrogen-bond acceptors (Lipinski definition) is 3. The lowest BCUT2D eigenvalue weighted by molar-refractivity contribution is 0.220. The zero-order valence-electron chi connectivity index (χ0n) is 14.5. The van der Waals surface area contributed by atoms with Gasteiger partial charge in [-0.25, -0.2) is 4.39 Å². The summed E-state index contributed by atoms with van der Waals surface area (Å²) in [7, 11) is 0. The summed E-state index contributed by atoms with van der Waals surface area (Å²) in [5, 5.41) is 13.4. The summed E-state index contributed by atoms with van der Waals surface area (Å²) in [5.41, 5.74) is 2.53. The third kappa shape index (κ3) is 3.31. The minimum atomic E-state index is -0.291. The third-order valence-corrected chi connectivity index (χ3v) is 5.06. The molecule has 1 aliphatic heterocycles. The highest BCUT2D eigenvalue weighted by Crippen LogP contribution is 2.39. The smallest absolute Gasteiger partial charge is 0.170 e. The highest BCUT2D eigenvalue weighted by Gasteiger charge is 2.40. The van der Waals surface area contributed by atoms with Crippen LogP contribution in [0.5, 0.6) is 0 Å². The second kappa shape index (κ2) is 7.46. The molecule has 5 nitrogen and oxygen atoms in total. The first-order chi connectivity index (χ1) is 13.2. The molecule has 2 N–H and O–H groups in total. The molecule has 2 unspecified atom stereocenters. The van der Waals surface area contributed by atoms with E-state index in [0.717, 1.165) is 17.1 Å². The van der Waals surface area contributed by atoms with Crippen LogP contribution in [-0.2, 0) is 0 Å². The van der Waals surface area contributed by atoms with Crippen LogP contribution in [0.15, 0.2) is 67.0 Å². The molecule has 0 amide bonds. The van der Waals surface area contributed by atoms with E-state index in [1.54, 1.807) is 12.3 Å². The summed E-state index contributed by atoms with van der Waals surface area (Å²) in [6.45, 7) is 0.377. The molecule has 7 heteroatoms. The first kappa shape index (κ1) is 17.6. The van der Waals surface area contributed by atoms with Crippen LogP contribution < -0.4 is 5.32 Å². The van der Waals surface area contributed by atoms with Crippen LogP contribution in [0.1, 0.15) is 23.5 Å². The Morgan fingerprint density at radius 2 is 2.04 bits per heavy atom. The molecule has 3 aromatic rings. The molecule has 4 rings (SSSR count). The van der Waals surface area contributed by atoms with Gasteiger partial charge in [0.25, 0.3) is 0 Å². The van der Waals surface area contributed by atoms with Gasteiger partial charge in [0, 0.05) is 30.3 Å². The fourth-order valence-electron chi connectivity index (χ4n) is 3.57. The van der Waals surface area contributed by atoms with Gasteiger partial charge in [-0.3, -0.25) is 4.98 Å². The zero-order valence-corrected chi connectivity index (χ0v) is 15.3. The van der Waals surface area contributed by atoms with Crippen molar-refractivity contribution in [1.29, 1.82) is 0 Å². The van der Waals surface area contributed by atoms with Crippen molar-refractivity contribution >= 4 is 17.3 Å². The highest BCUT2D eigenvalue weighted by molar-refractivity contribution is 7.80. The molecule has 3 heterocycles. The van der Waals surface area contributed by atoms with E-state index < -0.39 is 0 Å². The second-order valence-electron chi connectivity index (χ2n) is 6.33. The van der Waals surface area contributed by atoms with E-state index in [1.165, 1.54) is 12.1 Å². The highest BCUT2D eigenvalue weighted by atomic mass is 32.1. The van der Waals surface area contributed by atoms with Crippen molar-refractivity contribution in [3.63, 3.8) is 0 Å². The molecule has 0 radical (unpaired) electrons. The Bertz CT molecular complexity index is 946. The van der Waals surface area contributed by atoms with Crippen molar-refractivity contribution in [1.82, 2.24) is 19.8 Å². The van der Waals surface area contributed by atoms with Crippen LogP contribution in [-0.4, -0.2) is 37.8 Å². The number of aliphatic hydroxyl groups is 1. The standard InChI is InChI=1S/C20H19FN4OS/c21-14-5-3-6-15(13-14)24-10-4-8-17(24)19-18(16-7-1-2-9-22-16)23-20(27)25(19)11-12-26/h1-10,13,18-19,26H,11-12H2,(H,23,27). The van der Waals surface area contributed by atoms with Gasteiger partial charge in [-0.1, -0.05) is 12.1 Å². The molecule has 1 aliphatic rings. The minimum Gasteiger partial charge on any atom is -0.395 e. The SMILES string of the molecule is OCCN1C(=S)NC(c2ccccn2)C1c1cccn1-c1cccc(F)c1. The molecule has 138 valence electrons. The largest absolute Gasteiger partial charge is 0.395 e. The Labute approximate surface area is 162 Å². The Morgan fingerprint density at radius 3 is 2.78 bits per heavy atom. The van der Waals surface area contributed by atoms with Gasteiger partial charge in [0.2, 0.25) is 0 Å². The second-order valence-corrected chi connectivity index (χ2v) is 6.71. The molecule has 1 aromatic carbocycles. The van der Waals surface area contributed by atoms with E-state index in [4.69, 9.17) is 12.2 Å². The predicted octanol–water partition coefficient (Wildman–Crippen LogP) is 2.98. The molecule has 27 heavy (non-hydrogen) atoms. The molecule has 0 saturated carbocycles. The van der Waals surface area contributed by atoms with Gasteiger partial charge in [0.05, 0.1) is 24.4 Å². The monoisotopic (exact) mass is 382 g/mol. The van der Waals surface area contributed by atoms with E-state index in [2.05, 4.69) is 10.3 Å². The summed E-state index contributed by atoms with van der Waals surface area (Å²) in [6, 6.07) is 15.8. The normalized spacial score (nSPS) is 19.3. The lowest BCUT2D eigenvalue weighted by atomic mass is 10.0. The van der Waals surface area contributed by atoms with Crippen molar-refractivity contribution in [2.24, 2.45) is 0 Å². The van der Waals surface area contributed by atoms with E-state index in [-0.39, 0.29) is 24.5 Å². The Hall–Kier alpha value is -2.77. The number of thiocarbonyl (C=S) groups is 1. The van der Waals surface area contributed by atoms with Gasteiger partial charge in [0.15, 0.2) is 5.11 Å². The molecule has 0 aliphatic carbocycles. The Kier molecular flexibility index (Phi) is 4.87. The van der Waals surface area contributed by atoms with Crippen LogP contribution in [0.4, 0.5) is 4.39 Å². The van der Waals surface area contributed by atoms with Gasteiger partial charge in [-0.2, -0.15) is 0 Å². The van der Waals surface area contributed by atoms with Gasteiger partial charge in [0.1, 0.15) is 5.82 Å². The number of aliphatic hydroxyl groups excluding tert-OH is 1. The van der Waals surface area contributed by atoms with Gasteiger partial charge >= 0.3 is 0 Å². The number of halogens is 1. The van der Waals surface area contributed by atoms with Crippen LogP contribution in [0, 0.1) is 5.82 Å². The number of β-amino-alcohol motifs (C(OH)–C–C–N with tert-alkyl or cyclic N) is 1. The van der Waals surface area contributed by atoms with Crippen LogP contribution in [0.2, 0.25) is 0 Å². The van der Waals surface area contributed by atoms with Crippen molar-refractivity contribution in [3.8, 4) is 5.69 Å². The van der Waals surface area contributed by atoms with Crippen molar-refractivity contribution < 1.29 is 9.50 Å². The van der Waals surface area contributed by atoms with Gasteiger partial charge in [-0.05, 0) is 54.7 Å². The Balaban J connectivity index is 1.81. The predicted molar refractivity (Wildman–Crippen MR) is 105 cm³/mol. The number of aromatic nitrogens is 2. The summed E-state index contributed by atoms with van der Waals surface area (Å²) < 4.78 is 15.7. The summed E-state index contributed by atoms with van der Waals surface area (Å²) in [5.74, 6) is -0.291. The zero-order chi connectivity index (χ0) is 18.8. The maximum Gasteiger partial charge on any atom is 0.170 e. The first-order valence-electron chi connectivity index (χ1n) is 8.71. The molecule has 0 spiro atoms. The van der Waals surface area contributed by atoms with Crippen LogP contribution >= 0.6 is 12.2 Å². The number of nitrogens with one attached hydrogen (secondary N) is 1. The topological polar surface area (TPSA) is 53.3 Å². The number of pyridine rings is 1. The molecule has 2 aromatic heterocycles. The van der Waals surface area contributed by atoms with E-state index in [0.29, 0.717) is 11.7 Å². The molecule has 2 atom stereocenters. The summed E-state index contributed by atoms with van der Waals surface area (Å²) in [6.07, 6.45) is 3.65. The van der Waals surface area contributed by atoms with Gasteiger partial charge < -0.3 is 19.9 Å². The fourth-order valence-corrected chi connectivity index (χ4v) is 3.90. The number of hydrogen-bond donors (Lipinski definition) is 2. The molecule has 0 bridgehead atoms. The van der Waals surface area contributed by atoms with E-state index in [1.807, 2.05) is 52.1 Å². The lowest BCUT2D eigenvalue weighted by Gasteiger charge is -2.28. The van der Waals surface area contributed by atoms with Crippen molar-refractivity contribution in [3.05, 3.63) is 84.2 Å². The summed E-state index contributed by atoms with van der Waals surface area (Å²) >= 11 is 5.52. The number of nitrogens with zero attached hydrogens (tertiary/aromatic N) is 3. The van der Waals surface area contributed by atoms with Crippen molar-refractivity contribution in [2.75, 3.05) is 13.2 Å². The van der Waals surface area contributed by atoms with E-state index >= 15 is 0 Å². The lowest BCUT2D eigenvalue weighted by Crippen LogP contribution is -2.32. The fraction of sp³-hybridized carbons (Fsp3) is 0.200. The maximum atomic E-state index is 13.8. The number of rotatable bonds is 5. The molecular formula is C20H19FN4OS.